The first kappa shape index (κ1) is 13.2. The molecule has 2 rings (SSSR count). The Hall–Kier alpha value is -1.19. The minimum absolute atomic E-state index is 0.175. The van der Waals surface area contributed by atoms with E-state index in [9.17, 15) is 0 Å². The summed E-state index contributed by atoms with van der Waals surface area (Å²) in [5, 5.41) is 1.58. The van der Waals surface area contributed by atoms with Crippen molar-refractivity contribution < 1.29 is 4.42 Å². The summed E-state index contributed by atoms with van der Waals surface area (Å²) in [6.07, 6.45) is 0.826. The van der Waals surface area contributed by atoms with Crippen molar-refractivity contribution in [3.05, 3.63) is 28.5 Å². The van der Waals surface area contributed by atoms with E-state index in [0.29, 0.717) is 22.1 Å². The molecule has 0 fully saturated rings. The number of aryl methyl sites for hydroxylation is 2. The molecule has 18 heavy (non-hydrogen) atoms. The van der Waals surface area contributed by atoms with Gasteiger partial charge in [-0.25, -0.2) is 4.99 Å². The molecule has 0 radical (unpaired) electrons. The van der Waals surface area contributed by atoms with Crippen LogP contribution in [-0.4, -0.2) is 11.7 Å². The smallest absolute Gasteiger partial charge is 0.160 e. The van der Waals surface area contributed by atoms with Crippen molar-refractivity contribution in [2.45, 2.75) is 20.3 Å². The molecule has 0 bridgehead atoms. The minimum Gasteiger partial charge on any atom is -0.459 e. The van der Waals surface area contributed by atoms with E-state index in [-0.39, 0.29) is 5.88 Å². The van der Waals surface area contributed by atoms with Gasteiger partial charge in [0.15, 0.2) is 5.58 Å². The van der Waals surface area contributed by atoms with E-state index >= 15 is 0 Å². The molecule has 0 atom stereocenters. The van der Waals surface area contributed by atoms with Crippen LogP contribution in [-0.2, 0) is 6.42 Å². The number of benzene rings is 1. The summed E-state index contributed by atoms with van der Waals surface area (Å²) >= 11 is 11.7. The Morgan fingerprint density at radius 2 is 2.17 bits per heavy atom. The number of rotatable bonds is 3. The van der Waals surface area contributed by atoms with Crippen LogP contribution in [0.25, 0.3) is 11.0 Å². The fourth-order valence-electron chi connectivity index (χ4n) is 1.92. The van der Waals surface area contributed by atoms with Crippen LogP contribution in [0.2, 0.25) is 5.02 Å². The average molecular weight is 285 g/mol. The fourth-order valence-corrected chi connectivity index (χ4v) is 2.19. The van der Waals surface area contributed by atoms with Crippen molar-refractivity contribution in [3.63, 3.8) is 0 Å². The summed E-state index contributed by atoms with van der Waals surface area (Å²) in [6, 6.07) is 3.61. The Morgan fingerprint density at radius 1 is 1.44 bits per heavy atom. The van der Waals surface area contributed by atoms with Crippen molar-refractivity contribution in [2.75, 3.05) is 5.88 Å². The Labute approximate surface area is 116 Å². The lowest BCUT2D eigenvalue weighted by molar-refractivity contribution is 0.554. The molecule has 0 unspecified atom stereocenters. The van der Waals surface area contributed by atoms with Crippen molar-refractivity contribution in [3.8, 4) is 0 Å². The predicted molar refractivity (Wildman–Crippen MR) is 77.3 cm³/mol. The zero-order valence-electron chi connectivity index (χ0n) is 10.3. The summed E-state index contributed by atoms with van der Waals surface area (Å²) < 4.78 is 5.82. The standard InChI is InChI=1S/C13H14Cl2N2O/c1-3-11-7(2)9-4-8(15)5-10(13(9)18-11)17-12(16)6-14/h4-5H,3,6H2,1-2H3,(H2,16,17). The molecule has 3 nitrogen and oxygen atoms in total. The van der Waals surface area contributed by atoms with Crippen LogP contribution in [0.4, 0.5) is 5.69 Å². The highest BCUT2D eigenvalue weighted by Crippen LogP contribution is 2.35. The first-order chi connectivity index (χ1) is 8.56. The Bertz CT molecular complexity index is 617. The number of hydrogen-bond donors (Lipinski definition) is 1. The van der Waals surface area contributed by atoms with Gasteiger partial charge in [-0.05, 0) is 24.6 Å². The van der Waals surface area contributed by atoms with Crippen LogP contribution in [0.15, 0.2) is 21.5 Å². The van der Waals surface area contributed by atoms with Crippen LogP contribution in [0, 0.1) is 6.92 Å². The molecule has 0 saturated carbocycles. The lowest BCUT2D eigenvalue weighted by Crippen LogP contribution is -2.12. The quantitative estimate of drug-likeness (QED) is 0.522. The van der Waals surface area contributed by atoms with Gasteiger partial charge in [0, 0.05) is 16.8 Å². The number of hydrogen-bond acceptors (Lipinski definition) is 2. The fraction of sp³-hybridized carbons (Fsp3) is 0.308. The second kappa shape index (κ2) is 5.21. The van der Waals surface area contributed by atoms with E-state index in [1.165, 1.54) is 0 Å². The van der Waals surface area contributed by atoms with Gasteiger partial charge in [-0.1, -0.05) is 18.5 Å². The summed E-state index contributed by atoms with van der Waals surface area (Å²) in [5.74, 6) is 1.45. The van der Waals surface area contributed by atoms with Crippen molar-refractivity contribution in [2.24, 2.45) is 10.7 Å². The number of amidine groups is 1. The van der Waals surface area contributed by atoms with E-state index in [2.05, 4.69) is 4.99 Å². The summed E-state index contributed by atoms with van der Waals surface area (Å²) in [4.78, 5) is 4.24. The lowest BCUT2D eigenvalue weighted by atomic mass is 10.1. The van der Waals surface area contributed by atoms with Gasteiger partial charge in [0.05, 0.1) is 5.88 Å². The monoisotopic (exact) mass is 284 g/mol. The van der Waals surface area contributed by atoms with Crippen LogP contribution < -0.4 is 5.73 Å². The van der Waals surface area contributed by atoms with Gasteiger partial charge in [0.25, 0.3) is 0 Å². The molecule has 96 valence electrons. The van der Waals surface area contributed by atoms with Gasteiger partial charge in [-0.2, -0.15) is 0 Å². The van der Waals surface area contributed by atoms with E-state index in [0.717, 1.165) is 23.1 Å². The van der Waals surface area contributed by atoms with Crippen LogP contribution in [0.3, 0.4) is 0 Å². The number of halogens is 2. The summed E-state index contributed by atoms with van der Waals surface area (Å²) in [6.45, 7) is 4.06. The third kappa shape index (κ3) is 2.33. The molecule has 1 heterocycles. The van der Waals surface area contributed by atoms with Gasteiger partial charge in [-0.15, -0.1) is 11.6 Å². The van der Waals surface area contributed by atoms with E-state index in [1.54, 1.807) is 6.07 Å². The minimum atomic E-state index is 0.175. The number of aliphatic imine (C=N–C) groups is 1. The molecular weight excluding hydrogens is 271 g/mol. The molecule has 0 aliphatic heterocycles. The number of furan rings is 1. The molecule has 2 N–H and O–H groups in total. The molecule has 0 amide bonds. The van der Waals surface area contributed by atoms with Crippen molar-refractivity contribution >= 4 is 45.7 Å². The molecule has 0 aliphatic rings. The average Bonchev–Trinajstić information content (AvgIpc) is 2.66. The topological polar surface area (TPSA) is 51.5 Å². The molecule has 2 aromatic rings. The van der Waals surface area contributed by atoms with Gasteiger partial charge >= 0.3 is 0 Å². The van der Waals surface area contributed by atoms with Crippen molar-refractivity contribution in [1.82, 2.24) is 0 Å². The Morgan fingerprint density at radius 3 is 2.78 bits per heavy atom. The Balaban J connectivity index is 2.73. The maximum Gasteiger partial charge on any atom is 0.160 e. The number of nitrogens with zero attached hydrogens (tertiary/aromatic N) is 1. The van der Waals surface area contributed by atoms with Crippen LogP contribution in [0.1, 0.15) is 18.2 Å². The van der Waals surface area contributed by atoms with Gasteiger partial charge in [-0.3, -0.25) is 0 Å². The highest BCUT2D eigenvalue weighted by Gasteiger charge is 2.13. The number of nitrogens with two attached hydrogens (primary N) is 1. The van der Waals surface area contributed by atoms with Crippen molar-refractivity contribution in [1.29, 1.82) is 0 Å². The summed E-state index contributed by atoms with van der Waals surface area (Å²) in [7, 11) is 0. The maximum absolute atomic E-state index is 6.09. The third-order valence-electron chi connectivity index (χ3n) is 2.80. The highest BCUT2D eigenvalue weighted by atomic mass is 35.5. The highest BCUT2D eigenvalue weighted by molar-refractivity contribution is 6.32. The lowest BCUT2D eigenvalue weighted by Gasteiger charge is -1.99. The largest absolute Gasteiger partial charge is 0.459 e. The molecule has 0 aliphatic carbocycles. The van der Waals surface area contributed by atoms with Gasteiger partial charge in [0.1, 0.15) is 17.3 Å². The van der Waals surface area contributed by atoms with Crippen LogP contribution >= 0.6 is 23.2 Å². The van der Waals surface area contributed by atoms with Gasteiger partial charge < -0.3 is 10.2 Å². The van der Waals surface area contributed by atoms with E-state index in [1.807, 2.05) is 19.9 Å². The first-order valence-corrected chi connectivity index (χ1v) is 6.58. The molecule has 5 heteroatoms. The number of fused-ring (bicyclic) bond motifs is 1. The molecule has 1 aromatic carbocycles. The van der Waals surface area contributed by atoms with E-state index < -0.39 is 0 Å². The SMILES string of the molecule is CCc1oc2c(N=C(N)CCl)cc(Cl)cc2c1C. The zero-order chi connectivity index (χ0) is 13.3. The molecule has 1 aromatic heterocycles. The second-order valence-electron chi connectivity index (χ2n) is 4.04. The van der Waals surface area contributed by atoms with Crippen LogP contribution in [0.5, 0.6) is 0 Å². The predicted octanol–water partition coefficient (Wildman–Crippen LogP) is 4.18. The third-order valence-corrected chi connectivity index (χ3v) is 3.30. The molecule has 0 saturated heterocycles. The summed E-state index contributed by atoms with van der Waals surface area (Å²) in [5.41, 5.74) is 8.08. The first-order valence-electron chi connectivity index (χ1n) is 5.67. The second-order valence-corrected chi connectivity index (χ2v) is 4.75. The number of alkyl halides is 1. The molecular formula is C13H14Cl2N2O. The molecule has 0 spiro atoms. The normalized spacial score (nSPS) is 12.3. The Kier molecular flexibility index (Phi) is 3.83. The maximum atomic E-state index is 6.09. The zero-order valence-corrected chi connectivity index (χ0v) is 11.8. The van der Waals surface area contributed by atoms with E-state index in [4.69, 9.17) is 33.4 Å². The van der Waals surface area contributed by atoms with Gasteiger partial charge in [0.2, 0.25) is 0 Å².